The van der Waals surface area contributed by atoms with Crippen LogP contribution in [0.3, 0.4) is 0 Å². The first-order valence-corrected chi connectivity index (χ1v) is 10.1. The summed E-state index contributed by atoms with van der Waals surface area (Å²) in [6, 6.07) is 0. The van der Waals surface area contributed by atoms with Crippen molar-refractivity contribution in [3.63, 3.8) is 0 Å². The molecule has 0 spiro atoms. The third kappa shape index (κ3) is 6.98. The molecule has 140 valence electrons. The second-order valence-corrected chi connectivity index (χ2v) is 7.08. The number of aliphatic imine (C=N–C) groups is 1. The van der Waals surface area contributed by atoms with Crippen molar-refractivity contribution in [2.45, 2.75) is 64.4 Å². The molecule has 24 heavy (non-hydrogen) atoms. The molecule has 0 amide bonds. The van der Waals surface area contributed by atoms with Crippen molar-refractivity contribution in [3.05, 3.63) is 0 Å². The van der Waals surface area contributed by atoms with E-state index in [1.807, 2.05) is 7.05 Å². The summed E-state index contributed by atoms with van der Waals surface area (Å²) in [5, 5.41) is 3.55. The van der Waals surface area contributed by atoms with Crippen LogP contribution in [0.4, 0.5) is 0 Å². The maximum atomic E-state index is 5.73. The highest BCUT2D eigenvalue weighted by Crippen LogP contribution is 2.14. The van der Waals surface area contributed by atoms with Gasteiger partial charge in [0.05, 0.1) is 6.10 Å². The van der Waals surface area contributed by atoms with E-state index in [9.17, 15) is 0 Å². The van der Waals surface area contributed by atoms with Gasteiger partial charge in [-0.05, 0) is 65.1 Å². The normalized spacial score (nSPS) is 21.2. The maximum Gasteiger partial charge on any atom is 0.193 e. The van der Waals surface area contributed by atoms with E-state index in [-0.39, 0.29) is 0 Å². The summed E-state index contributed by atoms with van der Waals surface area (Å²) in [5.74, 6) is 1.07. The lowest BCUT2D eigenvalue weighted by Gasteiger charge is -2.34. The van der Waals surface area contributed by atoms with Gasteiger partial charge in [-0.15, -0.1) is 0 Å². The van der Waals surface area contributed by atoms with Crippen LogP contribution < -0.4 is 5.32 Å². The van der Waals surface area contributed by atoms with Crippen LogP contribution in [0.25, 0.3) is 0 Å². The van der Waals surface area contributed by atoms with Gasteiger partial charge in [-0.3, -0.25) is 4.99 Å². The summed E-state index contributed by atoms with van der Waals surface area (Å²) in [7, 11) is 1.90. The van der Waals surface area contributed by atoms with Gasteiger partial charge in [0.15, 0.2) is 5.96 Å². The molecule has 2 aliphatic heterocycles. The highest BCUT2D eigenvalue weighted by atomic mass is 16.5. The van der Waals surface area contributed by atoms with E-state index in [4.69, 9.17) is 4.74 Å². The molecule has 1 N–H and O–H groups in total. The summed E-state index contributed by atoms with van der Waals surface area (Å²) in [5.41, 5.74) is 0. The SMILES string of the molecule is CCOC1CCN(C(=NC)NCCCCCN2CCCCC2)CC1. The fraction of sp³-hybridized carbons (Fsp3) is 0.947. The van der Waals surface area contributed by atoms with E-state index in [1.54, 1.807) is 0 Å². The zero-order valence-electron chi connectivity index (χ0n) is 15.9. The molecule has 2 heterocycles. The smallest absolute Gasteiger partial charge is 0.193 e. The van der Waals surface area contributed by atoms with E-state index in [1.165, 1.54) is 58.2 Å². The highest BCUT2D eigenvalue weighted by molar-refractivity contribution is 5.79. The van der Waals surface area contributed by atoms with Gasteiger partial charge in [-0.2, -0.15) is 0 Å². The second-order valence-electron chi connectivity index (χ2n) is 7.08. The molecule has 0 aromatic rings. The van der Waals surface area contributed by atoms with Gasteiger partial charge in [0.25, 0.3) is 0 Å². The third-order valence-electron chi connectivity index (χ3n) is 5.24. The number of ether oxygens (including phenoxy) is 1. The fourth-order valence-corrected chi connectivity index (χ4v) is 3.82. The maximum absolute atomic E-state index is 5.73. The molecule has 0 atom stereocenters. The molecule has 2 aliphatic rings. The number of nitrogens with zero attached hydrogens (tertiary/aromatic N) is 3. The van der Waals surface area contributed by atoms with Gasteiger partial charge in [-0.25, -0.2) is 0 Å². The van der Waals surface area contributed by atoms with Crippen LogP contribution in [0.2, 0.25) is 0 Å². The van der Waals surface area contributed by atoms with Gasteiger partial charge in [-0.1, -0.05) is 12.8 Å². The third-order valence-corrected chi connectivity index (χ3v) is 5.24. The van der Waals surface area contributed by atoms with Crippen molar-refractivity contribution in [3.8, 4) is 0 Å². The predicted molar refractivity (Wildman–Crippen MR) is 102 cm³/mol. The summed E-state index contributed by atoms with van der Waals surface area (Å²) in [6.07, 6.45) is 10.8. The van der Waals surface area contributed by atoms with Gasteiger partial charge >= 0.3 is 0 Å². The Balaban J connectivity index is 1.52. The zero-order valence-corrected chi connectivity index (χ0v) is 15.9. The number of hydrogen-bond donors (Lipinski definition) is 1. The lowest BCUT2D eigenvalue weighted by molar-refractivity contribution is 0.0264. The van der Waals surface area contributed by atoms with Crippen LogP contribution in [-0.2, 0) is 4.74 Å². The Morgan fingerprint density at radius 1 is 1.04 bits per heavy atom. The Kier molecular flexibility index (Phi) is 9.51. The van der Waals surface area contributed by atoms with Crippen molar-refractivity contribution in [1.82, 2.24) is 15.1 Å². The molecule has 0 radical (unpaired) electrons. The van der Waals surface area contributed by atoms with E-state index in [0.29, 0.717) is 6.10 Å². The number of nitrogens with one attached hydrogen (secondary N) is 1. The zero-order chi connectivity index (χ0) is 17.0. The number of rotatable bonds is 8. The molecule has 0 saturated carbocycles. The molecule has 0 aromatic heterocycles. The van der Waals surface area contributed by atoms with Crippen molar-refractivity contribution < 1.29 is 4.74 Å². The topological polar surface area (TPSA) is 40.1 Å². The minimum absolute atomic E-state index is 0.444. The average Bonchev–Trinajstić information content (AvgIpc) is 2.63. The summed E-state index contributed by atoms with van der Waals surface area (Å²) < 4.78 is 5.73. The quantitative estimate of drug-likeness (QED) is 0.420. The Hall–Kier alpha value is -0.810. The average molecular weight is 339 g/mol. The summed E-state index contributed by atoms with van der Waals surface area (Å²) in [6.45, 7) is 9.99. The minimum atomic E-state index is 0.444. The number of hydrogen-bond acceptors (Lipinski definition) is 3. The van der Waals surface area contributed by atoms with Gasteiger partial charge < -0.3 is 19.9 Å². The minimum Gasteiger partial charge on any atom is -0.378 e. The van der Waals surface area contributed by atoms with E-state index in [0.717, 1.165) is 45.0 Å². The van der Waals surface area contributed by atoms with Gasteiger partial charge in [0.1, 0.15) is 0 Å². The molecule has 2 saturated heterocycles. The molecule has 5 heteroatoms. The number of piperidine rings is 2. The number of unbranched alkanes of at least 4 members (excludes halogenated alkanes) is 2. The van der Waals surface area contributed by atoms with Gasteiger partial charge in [0.2, 0.25) is 0 Å². The molecule has 0 aliphatic carbocycles. The van der Waals surface area contributed by atoms with Crippen LogP contribution in [0.5, 0.6) is 0 Å². The Morgan fingerprint density at radius 2 is 1.79 bits per heavy atom. The molecule has 5 nitrogen and oxygen atoms in total. The number of likely N-dealkylation sites (tertiary alicyclic amines) is 2. The first kappa shape index (κ1) is 19.5. The van der Waals surface area contributed by atoms with Gasteiger partial charge in [0, 0.05) is 33.3 Å². The van der Waals surface area contributed by atoms with Crippen LogP contribution >= 0.6 is 0 Å². The first-order valence-electron chi connectivity index (χ1n) is 10.1. The van der Waals surface area contributed by atoms with Crippen LogP contribution in [0.1, 0.15) is 58.3 Å². The molecule has 2 fully saturated rings. The molecular weight excluding hydrogens is 300 g/mol. The number of guanidine groups is 1. The van der Waals surface area contributed by atoms with Crippen molar-refractivity contribution >= 4 is 5.96 Å². The molecule has 0 aromatic carbocycles. The van der Waals surface area contributed by atoms with Crippen LogP contribution in [-0.4, -0.2) is 74.8 Å². The molecular formula is C19H38N4O. The van der Waals surface area contributed by atoms with Crippen molar-refractivity contribution in [2.75, 3.05) is 52.9 Å². The Labute approximate surface area is 148 Å². The largest absolute Gasteiger partial charge is 0.378 e. The summed E-state index contributed by atoms with van der Waals surface area (Å²) in [4.78, 5) is 9.47. The Bertz CT molecular complexity index is 347. The van der Waals surface area contributed by atoms with Crippen LogP contribution in [0, 0.1) is 0 Å². The van der Waals surface area contributed by atoms with Crippen molar-refractivity contribution in [2.24, 2.45) is 4.99 Å². The van der Waals surface area contributed by atoms with Crippen LogP contribution in [0.15, 0.2) is 4.99 Å². The van der Waals surface area contributed by atoms with E-state index < -0.39 is 0 Å². The lowest BCUT2D eigenvalue weighted by Crippen LogP contribution is -2.47. The van der Waals surface area contributed by atoms with Crippen molar-refractivity contribution in [1.29, 1.82) is 0 Å². The molecule has 0 unspecified atom stereocenters. The monoisotopic (exact) mass is 338 g/mol. The standard InChI is InChI=1S/C19H38N4O/c1-3-24-18-10-16-23(17-11-18)19(20-2)21-12-6-4-7-13-22-14-8-5-9-15-22/h18H,3-17H2,1-2H3,(H,20,21). The first-order chi connectivity index (χ1) is 11.8. The molecule has 0 bridgehead atoms. The molecule has 2 rings (SSSR count). The summed E-state index contributed by atoms with van der Waals surface area (Å²) >= 11 is 0. The van der Waals surface area contributed by atoms with E-state index in [2.05, 4.69) is 27.0 Å². The lowest BCUT2D eigenvalue weighted by atomic mass is 10.1. The fourth-order valence-electron chi connectivity index (χ4n) is 3.82. The highest BCUT2D eigenvalue weighted by Gasteiger charge is 2.21. The predicted octanol–water partition coefficient (Wildman–Crippen LogP) is 2.72. The van der Waals surface area contributed by atoms with E-state index >= 15 is 0 Å². The Morgan fingerprint density at radius 3 is 2.46 bits per heavy atom. The second kappa shape index (κ2) is 11.7.